The molecule has 0 aliphatic carbocycles. The molecule has 1 atom stereocenters. The molecule has 0 saturated carbocycles. The van der Waals surface area contributed by atoms with Gasteiger partial charge in [-0.15, -0.1) is 0 Å². The summed E-state index contributed by atoms with van der Waals surface area (Å²) in [6.07, 6.45) is 12.1. The Labute approximate surface area is 884 Å². The lowest BCUT2D eigenvalue weighted by Gasteiger charge is -2.41. The lowest BCUT2D eigenvalue weighted by atomic mass is 10.2. The van der Waals surface area contributed by atoms with Gasteiger partial charge < -0.3 is 149 Å². The second-order valence-corrected chi connectivity index (χ2v) is 66.4. The van der Waals surface area contributed by atoms with E-state index in [2.05, 4.69) is 92.3 Å². The summed E-state index contributed by atoms with van der Waals surface area (Å²) in [7, 11) is -23.8. The lowest BCUT2D eigenvalue weighted by Crippen LogP contribution is -2.58. The number of carbonyl (C=O) groups is 1. The van der Waals surface area contributed by atoms with Crippen LogP contribution in [0.1, 0.15) is 98.3 Å². The van der Waals surface area contributed by atoms with Crippen molar-refractivity contribution in [2.45, 2.75) is 159 Å². The summed E-state index contributed by atoms with van der Waals surface area (Å²) in [5, 5.41) is 18.8. The summed E-state index contributed by atoms with van der Waals surface area (Å²) in [6, 6.07) is 8.44. The van der Waals surface area contributed by atoms with E-state index in [1.165, 1.54) is 19.8 Å². The first-order valence-corrected chi connectivity index (χ1v) is 75.2. The summed E-state index contributed by atoms with van der Waals surface area (Å²) in [6.45, 7) is 65.9. The minimum atomic E-state index is -2.65. The molecule has 848 valence electrons. The van der Waals surface area contributed by atoms with Crippen molar-refractivity contribution in [3.05, 3.63) is 12.3 Å². The molecule has 4 N–H and O–H groups in total. The Morgan fingerprint density at radius 2 is 0.541 bits per heavy atom. The maximum atomic E-state index is 10.8. The molecule has 0 aromatic rings. The number of aliphatic hydroxyl groups is 1. The van der Waals surface area contributed by atoms with Crippen molar-refractivity contribution in [2.24, 2.45) is 0 Å². The molecule has 28 aliphatic heterocycles. The van der Waals surface area contributed by atoms with E-state index >= 15 is 0 Å². The number of aliphatic hydroxyl groups excluding tert-OH is 1. The average Bonchev–Trinajstić information content (AvgIpc) is 0.803. The molecular formula is C92H189N13O31Si10. The van der Waals surface area contributed by atoms with Crippen molar-refractivity contribution in [1.29, 1.82) is 0 Å². The summed E-state index contributed by atoms with van der Waals surface area (Å²) < 4.78 is 174. The van der Waals surface area contributed by atoms with Crippen molar-refractivity contribution in [3.63, 3.8) is 0 Å². The fourth-order valence-electron chi connectivity index (χ4n) is 20.5. The first kappa shape index (κ1) is 123. The SMILES string of the molecule is C(CCC[Si]12OCCN(CCO1)CCO2)CC[Si]12OCCN(CCO1)CCO2.C1CN2CCO[Si](CC[Si]34OCCN(CCO3)CCO4)(O1)OCC2.C=C[Si]12OCCN(CCO1)C(C)CO2.CC(=O)NCCC[Si]12OCCN(CCO1)CCO2.CCCC[Si]12OCCN(CCO1)CCO2.CCCNCCC[Si]12OCCN(CCO1)CCO2.OCCN1CCO[SiH](CCCNCCC[Si]23OCCN(CCO2)CCO3)OCC1. The van der Waals surface area contributed by atoms with Crippen molar-refractivity contribution in [3.8, 4) is 0 Å². The highest BCUT2D eigenvalue weighted by atomic mass is 28.4. The Balaban J connectivity index is 0.000000145. The Bertz CT molecular complexity index is 3200. The molecule has 28 fully saturated rings. The van der Waals surface area contributed by atoms with Crippen LogP contribution >= 0.6 is 0 Å². The van der Waals surface area contributed by atoms with Crippen LogP contribution in [0.2, 0.25) is 54.4 Å². The number of hydrogen-bond donors (Lipinski definition) is 4. The van der Waals surface area contributed by atoms with Crippen LogP contribution in [0.5, 0.6) is 0 Å². The number of β-amino-alcohol motifs (C(OH)–C–C–N with tert-alkyl or cyclic N) is 1. The van der Waals surface area contributed by atoms with Crippen LogP contribution in [0.4, 0.5) is 0 Å². The summed E-state index contributed by atoms with van der Waals surface area (Å²) >= 11 is 0. The molecule has 1 unspecified atom stereocenters. The van der Waals surface area contributed by atoms with E-state index in [4.69, 9.17) is 133 Å². The number of nitrogens with one attached hydrogen (secondary N) is 3. The highest BCUT2D eigenvalue weighted by Crippen LogP contribution is 2.34. The van der Waals surface area contributed by atoms with Gasteiger partial charge in [0.2, 0.25) is 5.91 Å². The predicted molar refractivity (Wildman–Crippen MR) is 568 cm³/mol. The van der Waals surface area contributed by atoms with E-state index in [1.54, 1.807) is 5.70 Å². The normalized spacial score (nSPS) is 36.9. The van der Waals surface area contributed by atoms with Gasteiger partial charge in [0.15, 0.2) is 0 Å². The molecule has 0 radical (unpaired) electrons. The third-order valence-electron chi connectivity index (χ3n) is 29.3. The number of rotatable bonds is 34. The summed E-state index contributed by atoms with van der Waals surface area (Å²) in [4.78, 5) is 34.0. The van der Waals surface area contributed by atoms with Crippen LogP contribution in [0, 0.1) is 0 Å². The maximum absolute atomic E-state index is 10.8. The van der Waals surface area contributed by atoms with Crippen molar-refractivity contribution >= 4 is 94.4 Å². The highest BCUT2D eigenvalue weighted by molar-refractivity contribution is 6.67. The van der Waals surface area contributed by atoms with E-state index in [9.17, 15) is 4.79 Å². The van der Waals surface area contributed by atoms with E-state index in [1.807, 2.05) is 0 Å². The number of carbonyl (C=O) groups excluding carboxylic acids is 1. The van der Waals surface area contributed by atoms with Crippen LogP contribution in [0.15, 0.2) is 12.3 Å². The third kappa shape index (κ3) is 43.4. The van der Waals surface area contributed by atoms with E-state index in [0.29, 0.717) is 98.4 Å². The topological polar surface area (TPSA) is 373 Å². The van der Waals surface area contributed by atoms with Crippen molar-refractivity contribution in [2.75, 3.05) is 421 Å². The van der Waals surface area contributed by atoms with Crippen LogP contribution in [0.3, 0.4) is 0 Å². The first-order valence-electron chi connectivity index (χ1n) is 56.2. The fourth-order valence-corrected chi connectivity index (χ4v) is 45.5. The molecule has 0 spiro atoms. The number of fused-ring (bicyclic) bond motifs is 54. The molecule has 0 aromatic carbocycles. The Morgan fingerprint density at radius 3 is 0.801 bits per heavy atom. The number of unbranched alkanes of at least 4 members (excludes halogenated alkanes) is 4. The van der Waals surface area contributed by atoms with Gasteiger partial charge in [0.25, 0.3) is 0 Å². The monoisotopic (exact) mass is 2250 g/mol. The molecule has 0 aromatic heterocycles. The van der Waals surface area contributed by atoms with E-state index in [-0.39, 0.29) is 12.5 Å². The van der Waals surface area contributed by atoms with Gasteiger partial charge >= 0.3 is 88.5 Å². The number of amides is 1. The molecule has 28 saturated heterocycles. The van der Waals surface area contributed by atoms with E-state index < -0.39 is 88.5 Å². The Hall–Kier alpha value is -0.301. The van der Waals surface area contributed by atoms with Gasteiger partial charge in [0, 0.05) is 271 Å². The van der Waals surface area contributed by atoms with Crippen LogP contribution < -0.4 is 16.0 Å². The maximum Gasteiger partial charge on any atom is 0.529 e. The van der Waals surface area contributed by atoms with Gasteiger partial charge in [-0.3, -0.25) is 53.8 Å². The Morgan fingerprint density at radius 1 is 0.295 bits per heavy atom. The quantitative estimate of drug-likeness (QED) is 0.0529. The zero-order valence-corrected chi connectivity index (χ0v) is 99.7. The molecule has 28 rings (SSSR count). The number of hydrogen-bond acceptors (Lipinski definition) is 43. The number of nitrogens with zero attached hydrogens (tertiary/aromatic N) is 10. The average molecular weight is 2250 g/mol. The molecule has 54 heteroatoms. The van der Waals surface area contributed by atoms with Crippen molar-refractivity contribution in [1.82, 2.24) is 64.9 Å². The standard InChI is InChI=1S/C18H39N3O6Si2.C18H36N2O6Si2.C14H28N2O6Si2.C12H26N2O3Si.C11H22N2O4Si.C10H21NO3Si.C9H17NO3Si/c22-11-5-20-6-12-23-28(24-13-7-20)17-1-3-19-4-2-18-29-25-14-8-21(9-15-26-29)10-16-27-29;1(3-17-27-21-11-5-19(6-12-22-27)7-13-23-27)2-4-18-28-24-14-8-20(9-15-25-28)10-16-26-28;1-7-17-23(18-8-2-15(1)3-9-19-23)13-14-24-20-10-4-16(5-11-21-24)6-12-22-24;1-2-4-13-5-3-12-18-15-9-6-14(7-10-16-18)8-11-17-18;1-11(14)12-3-2-10-18-15-7-4-13(5-8-16-18)6-9-17-18;1-2-3-10-15-12-7-4-11(5-8-13-15)6-9-14-15;1-3-14-11-6-4-10(5-7-12-14)9(2)8-13-14/h19,22,28H,1-18H2;1-18H2;1-14H2;13H,2-12H2,1H3;2-10H2,1H3,(H,12,14);2-10H2,1H3;3,9H,1,4-8H2,2H3. The predicted octanol–water partition coefficient (Wildman–Crippen LogP) is 2.09. The first-order chi connectivity index (χ1) is 71.5. The second-order valence-electron chi connectivity index (χ2n) is 40.0. The van der Waals surface area contributed by atoms with Crippen molar-refractivity contribution < 1.29 is 138 Å². The van der Waals surface area contributed by atoms with Crippen LogP contribution in [-0.4, -0.2) is 575 Å². The van der Waals surface area contributed by atoms with Crippen LogP contribution in [0.25, 0.3) is 0 Å². The van der Waals surface area contributed by atoms with Gasteiger partial charge in [-0.1, -0.05) is 39.7 Å². The molecule has 18 bridgehead atoms. The second kappa shape index (κ2) is 67.9. The zero-order valence-electron chi connectivity index (χ0n) is 89.5. The van der Waals surface area contributed by atoms with Gasteiger partial charge in [-0.25, -0.2) is 0 Å². The van der Waals surface area contributed by atoms with Gasteiger partial charge in [0.05, 0.1) is 185 Å². The van der Waals surface area contributed by atoms with Gasteiger partial charge in [-0.2, -0.15) is 0 Å². The van der Waals surface area contributed by atoms with Crippen LogP contribution in [-0.2, 0) is 133 Å². The summed E-state index contributed by atoms with van der Waals surface area (Å²) in [5.41, 5.74) is 1.74. The highest BCUT2D eigenvalue weighted by Gasteiger charge is 2.54. The molecule has 146 heavy (non-hydrogen) atoms. The third-order valence-corrected chi connectivity index (χ3v) is 57.2. The largest absolute Gasteiger partial charge is 0.529 e. The molecular weight excluding hydrogens is 2060 g/mol. The fraction of sp³-hybridized carbons (Fsp3) is 0.967. The molecule has 44 nitrogen and oxygen atoms in total. The Kier molecular flexibility index (Phi) is 57.1. The molecule has 1 amide bonds. The lowest BCUT2D eigenvalue weighted by molar-refractivity contribution is -0.119. The smallest absolute Gasteiger partial charge is 0.395 e. The van der Waals surface area contributed by atoms with E-state index in [0.717, 1.165) is 434 Å². The summed E-state index contributed by atoms with van der Waals surface area (Å²) in [5.74, 6) is 0.00268. The van der Waals surface area contributed by atoms with Gasteiger partial charge in [0.1, 0.15) is 0 Å². The molecule has 28 aliphatic rings. The minimum absolute atomic E-state index is 0.00268. The van der Waals surface area contributed by atoms with Gasteiger partial charge in [-0.05, 0) is 96.2 Å². The minimum Gasteiger partial charge on any atom is -0.395 e. The zero-order chi connectivity index (χ0) is 102. The molecule has 28 heterocycles.